The molecule has 10 heteroatoms. The van der Waals surface area contributed by atoms with Gasteiger partial charge in [0.25, 0.3) is 0 Å². The number of nitrogens with zero attached hydrogens (tertiary/aromatic N) is 2. The van der Waals surface area contributed by atoms with Crippen molar-refractivity contribution in [1.82, 2.24) is 9.80 Å². The number of thiophene rings is 1. The van der Waals surface area contributed by atoms with Crippen LogP contribution >= 0.6 is 11.3 Å². The predicted octanol–water partition coefficient (Wildman–Crippen LogP) is 4.14. The number of hydrogen-bond donors (Lipinski definition) is 0. The van der Waals surface area contributed by atoms with Crippen molar-refractivity contribution in [3.63, 3.8) is 0 Å². The highest BCUT2D eigenvalue weighted by molar-refractivity contribution is 7.86. The number of amides is 1. The number of carbonyl (C=O) groups excluding carboxylic acids is 1. The third kappa shape index (κ3) is 6.67. The van der Waals surface area contributed by atoms with Gasteiger partial charge in [0.1, 0.15) is 5.75 Å². The quantitative estimate of drug-likeness (QED) is 0.357. The van der Waals surface area contributed by atoms with Crippen molar-refractivity contribution in [3.8, 4) is 17.2 Å². The maximum Gasteiger partial charge on any atom is 0.306 e. The van der Waals surface area contributed by atoms with E-state index in [0.29, 0.717) is 29.6 Å². The smallest absolute Gasteiger partial charge is 0.306 e. The van der Waals surface area contributed by atoms with Crippen LogP contribution in [0.15, 0.2) is 35.7 Å². The molecule has 0 radical (unpaired) electrons. The molecule has 1 atom stereocenters. The molecule has 2 aromatic carbocycles. The summed E-state index contributed by atoms with van der Waals surface area (Å²) >= 11 is 1.61. The van der Waals surface area contributed by atoms with E-state index in [1.54, 1.807) is 37.7 Å². The van der Waals surface area contributed by atoms with Crippen LogP contribution < -0.4 is 13.7 Å². The minimum atomic E-state index is -3.54. The number of fused-ring (bicyclic) bond motifs is 2. The molecule has 2 aliphatic heterocycles. The molecule has 5 rings (SSSR count). The van der Waals surface area contributed by atoms with E-state index in [2.05, 4.69) is 15.2 Å². The fraction of sp³-hybridized carbons (Fsp3) is 0.483. The summed E-state index contributed by atoms with van der Waals surface area (Å²) in [6, 6.07) is 9.44. The number of hydrogen-bond acceptors (Lipinski definition) is 8. The number of methoxy groups -OCH3 is 2. The molecular formula is C29H36N2O6S2. The number of ether oxygens (including phenoxy) is 2. The van der Waals surface area contributed by atoms with Crippen LogP contribution in [0.25, 0.3) is 10.1 Å². The molecule has 0 aliphatic carbocycles. The Morgan fingerprint density at radius 3 is 2.56 bits per heavy atom. The summed E-state index contributed by atoms with van der Waals surface area (Å²) < 4.78 is 39.9. The highest BCUT2D eigenvalue weighted by Gasteiger charge is 2.27. The normalized spacial score (nSPS) is 18.6. The second-order valence-corrected chi connectivity index (χ2v) is 13.0. The molecule has 1 amide bonds. The molecule has 3 aromatic rings. The second kappa shape index (κ2) is 11.7. The molecule has 39 heavy (non-hydrogen) atoms. The van der Waals surface area contributed by atoms with Crippen molar-refractivity contribution >= 4 is 37.4 Å². The number of benzene rings is 2. The molecule has 1 saturated heterocycles. The standard InChI is InChI=1S/C29H36N2O6S2/c1-35-26-13-21-9-12-31(29(32)15-23(21)14-27(26)36-2)18-20-5-4-10-30(17-20)11-8-22-19-38-28-16-24(6-7-25(22)28)37-39(3,33)34/h6-7,13-14,16,19-20H,4-5,8-12,15,17-18H2,1-3H3. The lowest BCUT2D eigenvalue weighted by atomic mass is 9.96. The Hall–Kier alpha value is -2.82. The van der Waals surface area contributed by atoms with Gasteiger partial charge in [0.2, 0.25) is 5.91 Å². The minimum absolute atomic E-state index is 0.182. The Morgan fingerprint density at radius 1 is 1.05 bits per heavy atom. The first-order chi connectivity index (χ1) is 18.7. The van der Waals surface area contributed by atoms with Crippen LogP contribution in [0.3, 0.4) is 0 Å². The van der Waals surface area contributed by atoms with Crippen LogP contribution in [0.4, 0.5) is 0 Å². The van der Waals surface area contributed by atoms with Crippen molar-refractivity contribution in [2.45, 2.75) is 32.1 Å². The SMILES string of the molecule is COc1cc2c(cc1OC)CC(=O)N(CC1CCCN(CCc3csc4cc(OS(C)(=O)=O)ccc34)C1)CC2. The zero-order chi connectivity index (χ0) is 27.6. The van der Waals surface area contributed by atoms with E-state index in [4.69, 9.17) is 13.7 Å². The fourth-order valence-electron chi connectivity index (χ4n) is 5.79. The minimum Gasteiger partial charge on any atom is -0.493 e. The lowest BCUT2D eigenvalue weighted by molar-refractivity contribution is -0.131. The highest BCUT2D eigenvalue weighted by atomic mass is 32.2. The average Bonchev–Trinajstić information content (AvgIpc) is 3.24. The molecule has 0 saturated carbocycles. The van der Waals surface area contributed by atoms with E-state index >= 15 is 0 Å². The van der Waals surface area contributed by atoms with Gasteiger partial charge in [0.15, 0.2) is 11.5 Å². The molecule has 1 aromatic heterocycles. The summed E-state index contributed by atoms with van der Waals surface area (Å²) in [6.07, 6.45) is 5.48. The summed E-state index contributed by atoms with van der Waals surface area (Å²) in [5, 5.41) is 3.31. The zero-order valence-electron chi connectivity index (χ0n) is 22.8. The Labute approximate surface area is 234 Å². The number of rotatable bonds is 9. The topological polar surface area (TPSA) is 85.4 Å². The Kier molecular flexibility index (Phi) is 8.35. The summed E-state index contributed by atoms with van der Waals surface area (Å²) in [7, 11) is -0.279. The summed E-state index contributed by atoms with van der Waals surface area (Å²) in [6.45, 7) is 4.55. The van der Waals surface area contributed by atoms with Gasteiger partial charge in [-0.3, -0.25) is 4.79 Å². The van der Waals surface area contributed by atoms with Crippen LogP contribution in [-0.4, -0.2) is 77.3 Å². The van der Waals surface area contributed by atoms with E-state index in [0.717, 1.165) is 85.9 Å². The lowest BCUT2D eigenvalue weighted by Crippen LogP contribution is -2.43. The molecule has 8 nitrogen and oxygen atoms in total. The van der Waals surface area contributed by atoms with Gasteiger partial charge in [-0.1, -0.05) is 0 Å². The monoisotopic (exact) mass is 572 g/mol. The van der Waals surface area contributed by atoms with Crippen LogP contribution in [0.5, 0.6) is 17.2 Å². The maximum absolute atomic E-state index is 13.2. The van der Waals surface area contributed by atoms with E-state index in [9.17, 15) is 13.2 Å². The summed E-state index contributed by atoms with van der Waals surface area (Å²) in [5.74, 6) is 2.37. The second-order valence-electron chi connectivity index (χ2n) is 10.5. The molecule has 0 bridgehead atoms. The molecule has 210 valence electrons. The van der Waals surface area contributed by atoms with Gasteiger partial charge in [0.05, 0.1) is 26.9 Å². The largest absolute Gasteiger partial charge is 0.493 e. The van der Waals surface area contributed by atoms with Gasteiger partial charge >= 0.3 is 10.1 Å². The first-order valence-electron chi connectivity index (χ1n) is 13.4. The zero-order valence-corrected chi connectivity index (χ0v) is 24.4. The van der Waals surface area contributed by atoms with Crippen molar-refractivity contribution in [1.29, 1.82) is 0 Å². The molecule has 2 aliphatic rings. The first kappa shape index (κ1) is 27.7. The van der Waals surface area contributed by atoms with E-state index in [-0.39, 0.29) is 5.91 Å². The molecular weight excluding hydrogens is 536 g/mol. The van der Waals surface area contributed by atoms with Gasteiger partial charge in [0, 0.05) is 30.9 Å². The average molecular weight is 573 g/mol. The third-order valence-electron chi connectivity index (χ3n) is 7.71. The van der Waals surface area contributed by atoms with Crippen molar-refractivity contribution < 1.29 is 26.9 Å². The van der Waals surface area contributed by atoms with Crippen molar-refractivity contribution in [2.24, 2.45) is 5.92 Å². The third-order valence-corrected chi connectivity index (χ3v) is 9.19. The highest BCUT2D eigenvalue weighted by Crippen LogP contribution is 2.33. The lowest BCUT2D eigenvalue weighted by Gasteiger charge is -2.35. The molecule has 0 spiro atoms. The number of piperidine rings is 1. The Morgan fingerprint density at radius 2 is 1.82 bits per heavy atom. The van der Waals surface area contributed by atoms with Crippen molar-refractivity contribution in [2.75, 3.05) is 53.2 Å². The van der Waals surface area contributed by atoms with Gasteiger partial charge < -0.3 is 23.5 Å². The Balaban J connectivity index is 1.17. The van der Waals surface area contributed by atoms with Crippen LogP contribution in [0, 0.1) is 5.92 Å². The van der Waals surface area contributed by atoms with E-state index in [1.807, 2.05) is 18.2 Å². The van der Waals surface area contributed by atoms with E-state index < -0.39 is 10.1 Å². The van der Waals surface area contributed by atoms with Crippen molar-refractivity contribution in [3.05, 3.63) is 52.4 Å². The van der Waals surface area contributed by atoms with Crippen LogP contribution in [0.2, 0.25) is 0 Å². The van der Waals surface area contributed by atoms with Gasteiger partial charge in [-0.05, 0) is 95.9 Å². The summed E-state index contributed by atoms with van der Waals surface area (Å²) in [4.78, 5) is 17.8. The number of likely N-dealkylation sites (tertiary alicyclic amines) is 1. The van der Waals surface area contributed by atoms with Crippen LogP contribution in [-0.2, 0) is 34.2 Å². The molecule has 1 unspecified atom stereocenters. The molecule has 1 fully saturated rings. The van der Waals surface area contributed by atoms with Gasteiger partial charge in [-0.25, -0.2) is 0 Å². The van der Waals surface area contributed by atoms with Crippen LogP contribution in [0.1, 0.15) is 29.5 Å². The predicted molar refractivity (Wildman–Crippen MR) is 154 cm³/mol. The molecule has 0 N–H and O–H groups in total. The number of carbonyl (C=O) groups is 1. The van der Waals surface area contributed by atoms with Gasteiger partial charge in [-0.2, -0.15) is 8.42 Å². The van der Waals surface area contributed by atoms with Gasteiger partial charge in [-0.15, -0.1) is 11.3 Å². The molecule has 3 heterocycles. The van der Waals surface area contributed by atoms with E-state index in [1.165, 1.54) is 5.56 Å². The Bertz CT molecular complexity index is 1450. The fourth-order valence-corrected chi connectivity index (χ4v) is 7.26. The maximum atomic E-state index is 13.2. The summed E-state index contributed by atoms with van der Waals surface area (Å²) in [5.41, 5.74) is 3.46. The first-order valence-corrected chi connectivity index (χ1v) is 16.1.